The number of hydrogen-bond acceptors (Lipinski definition) is 7. The van der Waals surface area contributed by atoms with Crippen LogP contribution in [0.2, 0.25) is 0 Å². The van der Waals surface area contributed by atoms with E-state index in [0.717, 1.165) is 0 Å². The molecule has 0 aliphatic rings. The summed E-state index contributed by atoms with van der Waals surface area (Å²) in [5.41, 5.74) is 0. The van der Waals surface area contributed by atoms with Crippen molar-refractivity contribution >= 4 is 19.3 Å². The van der Waals surface area contributed by atoms with Crippen LogP contribution in [0.5, 0.6) is 0 Å². The quantitative estimate of drug-likeness (QED) is 0.287. The van der Waals surface area contributed by atoms with E-state index in [0.29, 0.717) is 0 Å². The molecule has 0 aliphatic carbocycles. The number of carbonyl (C=O) groups excluding carboxylic acids is 1. The van der Waals surface area contributed by atoms with Gasteiger partial charge >= 0.3 is 19.3 Å². The van der Waals surface area contributed by atoms with Gasteiger partial charge in [0.2, 0.25) is 0 Å². The van der Waals surface area contributed by atoms with Crippen LogP contribution in [0.15, 0.2) is 0 Å². The number of hydrogen-bond donors (Lipinski definition) is 5. The number of aliphatic carboxylic acids is 1. The number of carboxylic acid groups (broad SMARTS) is 1. The molecule has 8 nitrogen and oxygen atoms in total. The average molecular weight is 194 g/mol. The Balaban J connectivity index is 4.17. The standard InChI is InChI=1S/C4H7BO8/c6-1(3(8)9)2(7)4(10)13-5(11)12/h1-2,6-7,11-12H,(H,8,9). The van der Waals surface area contributed by atoms with Crippen molar-refractivity contribution in [2.45, 2.75) is 12.2 Å². The van der Waals surface area contributed by atoms with Gasteiger partial charge in [-0.2, -0.15) is 0 Å². The summed E-state index contributed by atoms with van der Waals surface area (Å²) < 4.78 is 3.58. The highest BCUT2D eigenvalue weighted by Gasteiger charge is 2.33. The maximum atomic E-state index is 10.5. The van der Waals surface area contributed by atoms with Crippen molar-refractivity contribution in [3.05, 3.63) is 0 Å². The molecule has 0 spiro atoms. The van der Waals surface area contributed by atoms with Crippen LogP contribution in [0, 0.1) is 0 Å². The number of rotatable bonds is 4. The zero-order chi connectivity index (χ0) is 10.6. The van der Waals surface area contributed by atoms with Crippen molar-refractivity contribution in [3.8, 4) is 0 Å². The van der Waals surface area contributed by atoms with Gasteiger partial charge in [-0.25, -0.2) is 4.79 Å². The molecule has 0 fully saturated rings. The molecular formula is C4H7BO8. The predicted molar refractivity (Wildman–Crippen MR) is 35.9 cm³/mol. The third-order valence-electron chi connectivity index (χ3n) is 1.02. The summed E-state index contributed by atoms with van der Waals surface area (Å²) in [6, 6.07) is 0. The summed E-state index contributed by atoms with van der Waals surface area (Å²) >= 11 is 0. The van der Waals surface area contributed by atoms with E-state index < -0.39 is 31.5 Å². The lowest BCUT2D eigenvalue weighted by Crippen LogP contribution is -2.42. The molecule has 0 rings (SSSR count). The molecular weight excluding hydrogens is 187 g/mol. The van der Waals surface area contributed by atoms with Gasteiger partial charge in [0.25, 0.3) is 0 Å². The molecule has 2 unspecified atom stereocenters. The first-order chi connectivity index (χ1) is 5.86. The molecule has 0 radical (unpaired) electrons. The molecule has 0 aromatic heterocycles. The van der Waals surface area contributed by atoms with Crippen molar-refractivity contribution in [1.82, 2.24) is 0 Å². The maximum Gasteiger partial charge on any atom is 0.709 e. The molecule has 0 amide bonds. The summed E-state index contributed by atoms with van der Waals surface area (Å²) in [4.78, 5) is 20.5. The smallest absolute Gasteiger partial charge is 0.483 e. The molecule has 13 heavy (non-hydrogen) atoms. The molecule has 9 heteroatoms. The topological polar surface area (TPSA) is 145 Å². The number of carboxylic acids is 1. The van der Waals surface area contributed by atoms with E-state index >= 15 is 0 Å². The van der Waals surface area contributed by atoms with Gasteiger partial charge < -0.3 is 30.0 Å². The normalized spacial score (nSPS) is 14.5. The molecule has 0 heterocycles. The highest BCUT2D eigenvalue weighted by Crippen LogP contribution is 1.97. The second kappa shape index (κ2) is 4.77. The lowest BCUT2D eigenvalue weighted by molar-refractivity contribution is -0.165. The Bertz CT molecular complexity index is 202. The largest absolute Gasteiger partial charge is 0.709 e. The second-order valence-corrected chi connectivity index (χ2v) is 1.99. The van der Waals surface area contributed by atoms with E-state index in [-0.39, 0.29) is 0 Å². The first-order valence-corrected chi connectivity index (χ1v) is 3.02. The van der Waals surface area contributed by atoms with E-state index in [1.54, 1.807) is 0 Å². The van der Waals surface area contributed by atoms with E-state index in [9.17, 15) is 9.59 Å². The molecule has 0 aromatic rings. The Morgan fingerprint density at radius 1 is 1.15 bits per heavy atom. The Morgan fingerprint density at radius 3 is 1.92 bits per heavy atom. The van der Waals surface area contributed by atoms with Crippen molar-refractivity contribution in [2.24, 2.45) is 0 Å². The predicted octanol–water partition coefficient (Wildman–Crippen LogP) is -3.69. The van der Waals surface area contributed by atoms with Crippen molar-refractivity contribution in [2.75, 3.05) is 0 Å². The first kappa shape index (κ1) is 11.8. The Hall–Kier alpha value is -1.16. The van der Waals surface area contributed by atoms with Gasteiger partial charge in [-0.15, -0.1) is 0 Å². The van der Waals surface area contributed by atoms with Gasteiger partial charge in [-0.05, 0) is 0 Å². The van der Waals surface area contributed by atoms with Crippen LogP contribution in [-0.4, -0.2) is 56.8 Å². The third kappa shape index (κ3) is 3.85. The van der Waals surface area contributed by atoms with E-state index in [1.807, 2.05) is 0 Å². The summed E-state index contributed by atoms with van der Waals surface area (Å²) in [5.74, 6) is -3.48. The molecule has 2 atom stereocenters. The molecule has 0 bridgehead atoms. The van der Waals surface area contributed by atoms with Crippen LogP contribution in [0.4, 0.5) is 0 Å². The third-order valence-corrected chi connectivity index (χ3v) is 1.02. The lowest BCUT2D eigenvalue weighted by Gasteiger charge is -2.12. The second-order valence-electron chi connectivity index (χ2n) is 1.99. The minimum Gasteiger partial charge on any atom is -0.483 e. The van der Waals surface area contributed by atoms with E-state index in [1.165, 1.54) is 0 Å². The summed E-state index contributed by atoms with van der Waals surface area (Å²) in [6.45, 7) is 0. The fourth-order valence-electron chi connectivity index (χ4n) is 0.438. The van der Waals surface area contributed by atoms with Gasteiger partial charge in [0.1, 0.15) is 0 Å². The summed E-state index contributed by atoms with van der Waals surface area (Å²) in [6.07, 6.45) is -4.73. The van der Waals surface area contributed by atoms with Gasteiger partial charge in [-0.1, -0.05) is 0 Å². The average Bonchev–Trinajstić information content (AvgIpc) is 2.00. The highest BCUT2D eigenvalue weighted by molar-refractivity contribution is 6.35. The van der Waals surface area contributed by atoms with Crippen molar-refractivity contribution in [1.29, 1.82) is 0 Å². The summed E-state index contributed by atoms with van der Waals surface area (Å²) in [5, 5.41) is 41.5. The van der Waals surface area contributed by atoms with Gasteiger partial charge in [0.15, 0.2) is 12.2 Å². The minimum absolute atomic E-state index is 1.65. The van der Waals surface area contributed by atoms with Crippen molar-refractivity contribution in [3.63, 3.8) is 0 Å². The molecule has 0 saturated carbocycles. The molecule has 0 aliphatic heterocycles. The SMILES string of the molecule is O=C(O)C(O)C(O)C(=O)OB(O)O. The van der Waals surface area contributed by atoms with Crippen LogP contribution in [-0.2, 0) is 14.2 Å². The van der Waals surface area contributed by atoms with Crippen molar-refractivity contribution < 1.29 is 39.6 Å². The van der Waals surface area contributed by atoms with Crippen LogP contribution < -0.4 is 0 Å². The highest BCUT2D eigenvalue weighted by atomic mass is 16.7. The lowest BCUT2D eigenvalue weighted by atomic mass is 10.2. The minimum atomic E-state index is -2.47. The van der Waals surface area contributed by atoms with Gasteiger partial charge in [0.05, 0.1) is 0 Å². The fourth-order valence-corrected chi connectivity index (χ4v) is 0.438. The Labute approximate surface area is 72.2 Å². The van der Waals surface area contributed by atoms with E-state index in [2.05, 4.69) is 4.65 Å². The molecule has 0 saturated heterocycles. The monoisotopic (exact) mass is 194 g/mol. The molecule has 0 aromatic carbocycles. The van der Waals surface area contributed by atoms with Crippen LogP contribution in [0.1, 0.15) is 0 Å². The molecule has 74 valence electrons. The zero-order valence-electron chi connectivity index (χ0n) is 6.19. The summed E-state index contributed by atoms with van der Waals surface area (Å²) in [7, 11) is -2.47. The first-order valence-electron chi connectivity index (χ1n) is 3.02. The Kier molecular flexibility index (Phi) is 4.35. The van der Waals surface area contributed by atoms with Gasteiger partial charge in [-0.3, -0.25) is 4.79 Å². The van der Waals surface area contributed by atoms with Crippen LogP contribution in [0.3, 0.4) is 0 Å². The van der Waals surface area contributed by atoms with Crippen LogP contribution >= 0.6 is 0 Å². The van der Waals surface area contributed by atoms with Gasteiger partial charge in [0, 0.05) is 0 Å². The Morgan fingerprint density at radius 2 is 1.62 bits per heavy atom. The number of aliphatic hydroxyl groups is 2. The zero-order valence-corrected chi connectivity index (χ0v) is 6.19. The number of carbonyl (C=O) groups is 2. The maximum absolute atomic E-state index is 10.5. The molecule has 5 N–H and O–H groups in total. The van der Waals surface area contributed by atoms with Crippen LogP contribution in [0.25, 0.3) is 0 Å². The fraction of sp³-hybridized carbons (Fsp3) is 0.500. The van der Waals surface area contributed by atoms with E-state index in [4.69, 9.17) is 25.4 Å². The number of aliphatic hydroxyl groups excluding tert-OH is 2.